The molecule has 104 valence electrons. The number of aliphatic hydroxyl groups is 1. The van der Waals surface area contributed by atoms with Crippen molar-refractivity contribution in [3.8, 4) is 0 Å². The summed E-state index contributed by atoms with van der Waals surface area (Å²) in [6, 6.07) is 0.480. The Morgan fingerprint density at radius 2 is 1.94 bits per heavy atom. The lowest BCUT2D eigenvalue weighted by Crippen LogP contribution is -2.49. The van der Waals surface area contributed by atoms with Gasteiger partial charge < -0.3 is 20.1 Å². The molecule has 5 nitrogen and oxygen atoms in total. The minimum absolute atomic E-state index is 0.0226. The molecule has 1 saturated heterocycles. The predicted molar refractivity (Wildman–Crippen MR) is 68.4 cm³/mol. The van der Waals surface area contributed by atoms with Crippen molar-refractivity contribution < 1.29 is 14.6 Å². The lowest BCUT2D eigenvalue weighted by Gasteiger charge is -2.31. The smallest absolute Gasteiger partial charge is 0.317 e. The van der Waals surface area contributed by atoms with Gasteiger partial charge in [-0.1, -0.05) is 0 Å². The molecule has 1 aliphatic carbocycles. The fourth-order valence-corrected chi connectivity index (χ4v) is 2.67. The third-order valence-corrected chi connectivity index (χ3v) is 3.97. The maximum atomic E-state index is 12.2. The van der Waals surface area contributed by atoms with Crippen LogP contribution in [0.25, 0.3) is 0 Å². The zero-order valence-electron chi connectivity index (χ0n) is 11.1. The number of rotatable bonds is 1. The lowest BCUT2D eigenvalue weighted by molar-refractivity contribution is 0.113. The minimum atomic E-state index is -0.177. The second kappa shape index (κ2) is 6.38. The molecular weight excluding hydrogens is 232 g/mol. The predicted octanol–water partition coefficient (Wildman–Crippen LogP) is 1.11. The molecule has 18 heavy (non-hydrogen) atoms. The maximum absolute atomic E-state index is 12.2. The molecule has 0 aromatic rings. The van der Waals surface area contributed by atoms with Crippen molar-refractivity contribution >= 4 is 6.03 Å². The highest BCUT2D eigenvalue weighted by molar-refractivity contribution is 5.74. The van der Waals surface area contributed by atoms with Crippen molar-refractivity contribution in [3.63, 3.8) is 0 Å². The van der Waals surface area contributed by atoms with Crippen molar-refractivity contribution in [2.45, 2.75) is 57.2 Å². The molecule has 0 spiro atoms. The minimum Gasteiger partial charge on any atom is -0.393 e. The van der Waals surface area contributed by atoms with E-state index in [1.165, 1.54) is 0 Å². The van der Waals surface area contributed by atoms with Crippen LogP contribution in [0.1, 0.15) is 39.0 Å². The van der Waals surface area contributed by atoms with Gasteiger partial charge in [0.05, 0.1) is 12.7 Å². The van der Waals surface area contributed by atoms with Crippen LogP contribution in [0.5, 0.6) is 0 Å². The fourth-order valence-electron chi connectivity index (χ4n) is 2.67. The molecule has 1 atom stereocenters. The molecule has 2 aliphatic rings. The van der Waals surface area contributed by atoms with E-state index in [1.54, 1.807) is 0 Å². The second-order valence-corrected chi connectivity index (χ2v) is 5.40. The number of hydrogen-bond acceptors (Lipinski definition) is 3. The Bertz CT molecular complexity index is 277. The quantitative estimate of drug-likeness (QED) is 0.739. The van der Waals surface area contributed by atoms with Gasteiger partial charge in [0.25, 0.3) is 0 Å². The Morgan fingerprint density at radius 1 is 1.22 bits per heavy atom. The molecule has 0 aromatic heterocycles. The van der Waals surface area contributed by atoms with E-state index >= 15 is 0 Å². The normalized spacial score (nSPS) is 33.9. The Labute approximate surface area is 108 Å². The van der Waals surface area contributed by atoms with Crippen molar-refractivity contribution in [1.29, 1.82) is 0 Å². The summed E-state index contributed by atoms with van der Waals surface area (Å²) in [6.07, 6.45) is 4.07. The van der Waals surface area contributed by atoms with Crippen LogP contribution in [-0.2, 0) is 4.74 Å². The number of urea groups is 1. The Hall–Kier alpha value is -0.810. The average Bonchev–Trinajstić information content (AvgIpc) is 2.57. The van der Waals surface area contributed by atoms with Gasteiger partial charge in [-0.3, -0.25) is 0 Å². The number of carbonyl (C=O) groups excluding carboxylic acids is 1. The highest BCUT2D eigenvalue weighted by Crippen LogP contribution is 2.19. The number of amides is 2. The summed E-state index contributed by atoms with van der Waals surface area (Å²) in [5.74, 6) is 0. The van der Waals surface area contributed by atoms with Gasteiger partial charge in [-0.25, -0.2) is 4.79 Å². The SMILES string of the molecule is CC1CCOCCN1C(=O)NC1CCC(O)CC1. The molecular formula is C13H24N2O3. The summed E-state index contributed by atoms with van der Waals surface area (Å²) in [5.41, 5.74) is 0. The molecule has 1 unspecified atom stereocenters. The Balaban J connectivity index is 1.82. The van der Waals surface area contributed by atoms with E-state index in [4.69, 9.17) is 4.74 Å². The van der Waals surface area contributed by atoms with Gasteiger partial charge in [-0.2, -0.15) is 0 Å². The second-order valence-electron chi connectivity index (χ2n) is 5.40. The molecule has 1 heterocycles. The van der Waals surface area contributed by atoms with Crippen LogP contribution in [-0.4, -0.2) is 54.0 Å². The largest absolute Gasteiger partial charge is 0.393 e. The van der Waals surface area contributed by atoms with E-state index in [0.717, 1.165) is 38.7 Å². The molecule has 1 aliphatic heterocycles. The monoisotopic (exact) mass is 256 g/mol. The van der Waals surface area contributed by atoms with E-state index in [-0.39, 0.29) is 24.2 Å². The number of hydrogen-bond donors (Lipinski definition) is 2. The molecule has 0 bridgehead atoms. The van der Waals surface area contributed by atoms with Crippen molar-refractivity contribution in [2.75, 3.05) is 19.8 Å². The highest BCUT2D eigenvalue weighted by Gasteiger charge is 2.26. The number of nitrogens with zero attached hydrogens (tertiary/aromatic N) is 1. The molecule has 2 amide bonds. The average molecular weight is 256 g/mol. The number of nitrogens with one attached hydrogen (secondary N) is 1. The van der Waals surface area contributed by atoms with E-state index in [1.807, 2.05) is 4.90 Å². The van der Waals surface area contributed by atoms with Gasteiger partial charge in [0.2, 0.25) is 0 Å². The molecule has 2 N–H and O–H groups in total. The van der Waals surface area contributed by atoms with Crippen molar-refractivity contribution in [2.24, 2.45) is 0 Å². The molecule has 2 rings (SSSR count). The van der Waals surface area contributed by atoms with Crippen molar-refractivity contribution in [3.05, 3.63) is 0 Å². The fraction of sp³-hybridized carbons (Fsp3) is 0.923. The van der Waals surface area contributed by atoms with E-state index in [0.29, 0.717) is 13.2 Å². The summed E-state index contributed by atoms with van der Waals surface area (Å²) in [6.45, 7) is 4.10. The van der Waals surface area contributed by atoms with Gasteiger partial charge in [0.15, 0.2) is 0 Å². The third kappa shape index (κ3) is 3.59. The summed E-state index contributed by atoms with van der Waals surface area (Å²) in [7, 11) is 0. The molecule has 0 radical (unpaired) electrons. The first kappa shape index (κ1) is 13.6. The third-order valence-electron chi connectivity index (χ3n) is 3.97. The summed E-state index contributed by atoms with van der Waals surface area (Å²) in [5, 5.41) is 12.5. The van der Waals surface area contributed by atoms with E-state index < -0.39 is 0 Å². The van der Waals surface area contributed by atoms with Crippen LogP contribution in [0.2, 0.25) is 0 Å². The van der Waals surface area contributed by atoms with E-state index in [9.17, 15) is 9.90 Å². The summed E-state index contributed by atoms with van der Waals surface area (Å²) >= 11 is 0. The van der Waals surface area contributed by atoms with Crippen LogP contribution in [0.15, 0.2) is 0 Å². The molecule has 5 heteroatoms. The first-order chi connectivity index (χ1) is 8.66. The lowest BCUT2D eigenvalue weighted by atomic mass is 9.93. The molecule has 0 aromatic carbocycles. The van der Waals surface area contributed by atoms with Gasteiger partial charge >= 0.3 is 6.03 Å². The van der Waals surface area contributed by atoms with Gasteiger partial charge in [-0.15, -0.1) is 0 Å². The number of ether oxygens (including phenoxy) is 1. The standard InChI is InChI=1S/C13H24N2O3/c1-10-6-8-18-9-7-15(10)13(17)14-11-2-4-12(16)5-3-11/h10-12,16H,2-9H2,1H3,(H,14,17). The van der Waals surface area contributed by atoms with Crippen LogP contribution < -0.4 is 5.32 Å². The van der Waals surface area contributed by atoms with Crippen LogP contribution >= 0.6 is 0 Å². The van der Waals surface area contributed by atoms with Crippen molar-refractivity contribution in [1.82, 2.24) is 10.2 Å². The topological polar surface area (TPSA) is 61.8 Å². The van der Waals surface area contributed by atoms with Gasteiger partial charge in [-0.05, 0) is 39.0 Å². The maximum Gasteiger partial charge on any atom is 0.317 e. The molecule has 2 fully saturated rings. The zero-order valence-corrected chi connectivity index (χ0v) is 11.1. The van der Waals surface area contributed by atoms with Crippen LogP contribution in [0.4, 0.5) is 4.79 Å². The van der Waals surface area contributed by atoms with E-state index in [2.05, 4.69) is 12.2 Å². The Kier molecular flexibility index (Phi) is 4.83. The highest BCUT2D eigenvalue weighted by atomic mass is 16.5. The van der Waals surface area contributed by atoms with Crippen LogP contribution in [0, 0.1) is 0 Å². The first-order valence-corrected chi connectivity index (χ1v) is 6.99. The van der Waals surface area contributed by atoms with Gasteiger partial charge in [0, 0.05) is 25.2 Å². The zero-order chi connectivity index (χ0) is 13.0. The number of aliphatic hydroxyl groups excluding tert-OH is 1. The van der Waals surface area contributed by atoms with Gasteiger partial charge in [0.1, 0.15) is 0 Å². The molecule has 1 saturated carbocycles. The number of carbonyl (C=O) groups is 1. The Morgan fingerprint density at radius 3 is 2.67 bits per heavy atom. The summed E-state index contributed by atoms with van der Waals surface area (Å²) in [4.78, 5) is 14.1. The summed E-state index contributed by atoms with van der Waals surface area (Å²) < 4.78 is 5.39. The first-order valence-electron chi connectivity index (χ1n) is 6.99. The van der Waals surface area contributed by atoms with Crippen LogP contribution in [0.3, 0.4) is 0 Å².